The van der Waals surface area contributed by atoms with Gasteiger partial charge in [-0.3, -0.25) is 0 Å². The predicted molar refractivity (Wildman–Crippen MR) is 63.2 cm³/mol. The second kappa shape index (κ2) is 5.89. The molecule has 0 fully saturated rings. The van der Waals surface area contributed by atoms with E-state index in [1.165, 1.54) is 16.2 Å². The van der Waals surface area contributed by atoms with Crippen LogP contribution in [-0.4, -0.2) is 23.9 Å². The van der Waals surface area contributed by atoms with Crippen LogP contribution >= 0.6 is 0 Å². The predicted octanol–water partition coefficient (Wildman–Crippen LogP) is 3.20. The lowest BCUT2D eigenvalue weighted by Gasteiger charge is -2.17. The van der Waals surface area contributed by atoms with E-state index in [0.29, 0.717) is 5.92 Å². The zero-order valence-electron chi connectivity index (χ0n) is 9.90. The van der Waals surface area contributed by atoms with Gasteiger partial charge in [0.25, 0.3) is 0 Å². The zero-order chi connectivity index (χ0) is 11.3. The molecule has 1 unspecified atom stereocenters. The average molecular weight is 207 g/mol. The van der Waals surface area contributed by atoms with E-state index in [1.807, 2.05) is 0 Å². The summed E-state index contributed by atoms with van der Waals surface area (Å²) in [5.41, 5.74) is 2.68. The molecule has 1 aromatic rings. The maximum Gasteiger partial charge on any atom is 0.0240 e. The Hall–Kier alpha value is -0.860. The van der Waals surface area contributed by atoms with Crippen molar-refractivity contribution in [3.05, 3.63) is 35.4 Å². The molecule has 0 saturated heterocycles. The van der Waals surface area contributed by atoms with Crippen LogP contribution in [-0.2, 0) is 0 Å². The molecule has 0 aromatic heterocycles. The largest absolute Gasteiger partial charge is 0.314 e. The van der Waals surface area contributed by atoms with Gasteiger partial charge in [0.05, 0.1) is 0 Å². The Balaban J connectivity index is 2.61. The molecule has 0 aliphatic carbocycles. The fourth-order valence-electron chi connectivity index (χ4n) is 1.79. The number of hydroxylamine groups is 2. The molecule has 84 valence electrons. The molecular formula is C13H21NO. The first kappa shape index (κ1) is 12.2. The Kier molecular flexibility index (Phi) is 4.79. The van der Waals surface area contributed by atoms with Gasteiger partial charge in [-0.15, -0.1) is 0 Å². The van der Waals surface area contributed by atoms with Crippen molar-refractivity contribution < 1.29 is 5.21 Å². The van der Waals surface area contributed by atoms with Gasteiger partial charge >= 0.3 is 0 Å². The highest BCUT2D eigenvalue weighted by atomic mass is 16.5. The van der Waals surface area contributed by atoms with Gasteiger partial charge in [0.1, 0.15) is 0 Å². The molecule has 1 N–H and O–H groups in total. The Labute approximate surface area is 92.5 Å². The smallest absolute Gasteiger partial charge is 0.0240 e. The summed E-state index contributed by atoms with van der Waals surface area (Å²) in [5.74, 6) is 0.556. The topological polar surface area (TPSA) is 23.5 Å². The van der Waals surface area contributed by atoms with Crippen molar-refractivity contribution in [2.24, 2.45) is 0 Å². The van der Waals surface area contributed by atoms with Crippen LogP contribution < -0.4 is 0 Å². The number of hydrogen-bond donors (Lipinski definition) is 1. The lowest BCUT2D eigenvalue weighted by molar-refractivity contribution is -0.0665. The van der Waals surface area contributed by atoms with Crippen LogP contribution in [0.15, 0.2) is 24.3 Å². The van der Waals surface area contributed by atoms with Crippen LogP contribution in [0.2, 0.25) is 0 Å². The fraction of sp³-hybridized carbons (Fsp3) is 0.538. The van der Waals surface area contributed by atoms with Crippen molar-refractivity contribution in [3.63, 3.8) is 0 Å². The first-order valence-electron chi connectivity index (χ1n) is 5.60. The minimum Gasteiger partial charge on any atom is -0.314 e. The van der Waals surface area contributed by atoms with Crippen molar-refractivity contribution in [3.8, 4) is 0 Å². The SMILES string of the molecule is CCC(CCN(C)O)c1ccc(C)cc1. The molecule has 2 heteroatoms. The molecule has 1 rings (SSSR count). The lowest BCUT2D eigenvalue weighted by atomic mass is 9.92. The van der Waals surface area contributed by atoms with Gasteiger partial charge < -0.3 is 5.21 Å². The molecule has 1 atom stereocenters. The van der Waals surface area contributed by atoms with Gasteiger partial charge in [-0.2, -0.15) is 5.06 Å². The summed E-state index contributed by atoms with van der Waals surface area (Å²) in [6.45, 7) is 5.03. The standard InChI is InChI=1S/C13H21NO/c1-4-12(9-10-14(3)15)13-7-5-11(2)6-8-13/h5-8,12,15H,4,9-10H2,1-3H3. The van der Waals surface area contributed by atoms with Crippen molar-refractivity contribution in [1.82, 2.24) is 5.06 Å². The average Bonchev–Trinajstić information content (AvgIpc) is 2.21. The first-order chi connectivity index (χ1) is 7.13. The Bertz CT molecular complexity index is 279. The van der Waals surface area contributed by atoms with Gasteiger partial charge in [-0.25, -0.2) is 0 Å². The van der Waals surface area contributed by atoms with E-state index in [1.54, 1.807) is 7.05 Å². The lowest BCUT2D eigenvalue weighted by Crippen LogP contribution is -2.16. The molecular weight excluding hydrogens is 186 g/mol. The summed E-state index contributed by atoms with van der Waals surface area (Å²) in [6, 6.07) is 8.70. The van der Waals surface area contributed by atoms with Gasteiger partial charge in [0.15, 0.2) is 0 Å². The second-order valence-electron chi connectivity index (χ2n) is 4.19. The Morgan fingerprint density at radius 2 is 1.87 bits per heavy atom. The molecule has 15 heavy (non-hydrogen) atoms. The number of hydrogen-bond acceptors (Lipinski definition) is 2. The van der Waals surface area contributed by atoms with E-state index in [0.717, 1.165) is 19.4 Å². The molecule has 0 heterocycles. The quantitative estimate of drug-likeness (QED) is 0.749. The molecule has 1 aromatic carbocycles. The summed E-state index contributed by atoms with van der Waals surface area (Å²) in [4.78, 5) is 0. The minimum absolute atomic E-state index is 0.556. The minimum atomic E-state index is 0.556. The highest BCUT2D eigenvalue weighted by molar-refractivity contribution is 5.24. The van der Waals surface area contributed by atoms with Crippen LogP contribution in [0.5, 0.6) is 0 Å². The summed E-state index contributed by atoms with van der Waals surface area (Å²) >= 11 is 0. The van der Waals surface area contributed by atoms with Gasteiger partial charge in [-0.1, -0.05) is 36.8 Å². The fourth-order valence-corrected chi connectivity index (χ4v) is 1.79. The molecule has 0 amide bonds. The summed E-state index contributed by atoms with van der Waals surface area (Å²) in [7, 11) is 1.70. The van der Waals surface area contributed by atoms with Crippen molar-refractivity contribution >= 4 is 0 Å². The molecule has 0 radical (unpaired) electrons. The molecule has 0 bridgehead atoms. The number of rotatable bonds is 5. The van der Waals surface area contributed by atoms with E-state index in [2.05, 4.69) is 38.1 Å². The molecule has 0 spiro atoms. The van der Waals surface area contributed by atoms with Crippen molar-refractivity contribution in [1.29, 1.82) is 0 Å². The molecule has 0 aliphatic rings. The summed E-state index contributed by atoms with van der Waals surface area (Å²) in [5, 5.41) is 10.4. The second-order valence-corrected chi connectivity index (χ2v) is 4.19. The summed E-state index contributed by atoms with van der Waals surface area (Å²) < 4.78 is 0. The van der Waals surface area contributed by atoms with Gasteiger partial charge in [0.2, 0.25) is 0 Å². The molecule has 0 saturated carbocycles. The Morgan fingerprint density at radius 1 is 1.27 bits per heavy atom. The Morgan fingerprint density at radius 3 is 2.33 bits per heavy atom. The van der Waals surface area contributed by atoms with Gasteiger partial charge in [-0.05, 0) is 31.2 Å². The van der Waals surface area contributed by atoms with Crippen LogP contribution in [0.25, 0.3) is 0 Å². The first-order valence-corrected chi connectivity index (χ1v) is 5.60. The normalized spacial score (nSPS) is 13.1. The van der Waals surface area contributed by atoms with E-state index >= 15 is 0 Å². The van der Waals surface area contributed by atoms with Crippen LogP contribution in [0.3, 0.4) is 0 Å². The van der Waals surface area contributed by atoms with Crippen molar-refractivity contribution in [2.45, 2.75) is 32.6 Å². The van der Waals surface area contributed by atoms with Crippen LogP contribution in [0, 0.1) is 6.92 Å². The maximum atomic E-state index is 9.12. The molecule has 0 aliphatic heterocycles. The highest BCUT2D eigenvalue weighted by Gasteiger charge is 2.09. The van der Waals surface area contributed by atoms with E-state index in [-0.39, 0.29) is 0 Å². The molecule has 2 nitrogen and oxygen atoms in total. The summed E-state index contributed by atoms with van der Waals surface area (Å²) in [6.07, 6.45) is 2.13. The zero-order valence-corrected chi connectivity index (χ0v) is 9.90. The third-order valence-electron chi connectivity index (χ3n) is 2.84. The number of aryl methyl sites for hydroxylation is 1. The number of benzene rings is 1. The highest BCUT2D eigenvalue weighted by Crippen LogP contribution is 2.23. The van der Waals surface area contributed by atoms with Gasteiger partial charge in [0, 0.05) is 13.6 Å². The van der Waals surface area contributed by atoms with E-state index in [4.69, 9.17) is 5.21 Å². The maximum absolute atomic E-state index is 9.12. The van der Waals surface area contributed by atoms with E-state index in [9.17, 15) is 0 Å². The van der Waals surface area contributed by atoms with E-state index < -0.39 is 0 Å². The third kappa shape index (κ3) is 4.02. The van der Waals surface area contributed by atoms with Crippen molar-refractivity contribution in [2.75, 3.05) is 13.6 Å². The number of nitrogens with zero attached hydrogens (tertiary/aromatic N) is 1. The van der Waals surface area contributed by atoms with Crippen LogP contribution in [0.4, 0.5) is 0 Å². The third-order valence-corrected chi connectivity index (χ3v) is 2.84. The monoisotopic (exact) mass is 207 g/mol. The van der Waals surface area contributed by atoms with Crippen LogP contribution in [0.1, 0.15) is 36.8 Å².